The SMILES string of the molecule is Cc1nnc2n1CC(c1cccc(NC(=O)Cc3csc(NS(C)(=O)=O)n3)c1)CC2. The molecule has 30 heavy (non-hydrogen) atoms. The zero-order valence-corrected chi connectivity index (χ0v) is 18.3. The molecule has 2 aromatic heterocycles. The number of carbonyl (C=O) groups excluding carboxylic acids is 1. The van der Waals surface area contributed by atoms with Gasteiger partial charge in [0.15, 0.2) is 5.13 Å². The van der Waals surface area contributed by atoms with E-state index in [1.54, 1.807) is 5.38 Å². The van der Waals surface area contributed by atoms with E-state index in [2.05, 4.69) is 35.9 Å². The van der Waals surface area contributed by atoms with Crippen LogP contribution in [0.15, 0.2) is 29.6 Å². The molecule has 1 aliphatic rings. The minimum Gasteiger partial charge on any atom is -0.326 e. The molecule has 2 N–H and O–H groups in total. The van der Waals surface area contributed by atoms with Gasteiger partial charge in [0, 0.05) is 30.0 Å². The van der Waals surface area contributed by atoms with Crippen molar-refractivity contribution in [2.24, 2.45) is 0 Å². The fourth-order valence-corrected chi connectivity index (χ4v) is 5.13. The fraction of sp³-hybridized carbons (Fsp3) is 0.368. The van der Waals surface area contributed by atoms with Crippen LogP contribution in [-0.4, -0.2) is 40.3 Å². The molecule has 1 unspecified atom stereocenters. The van der Waals surface area contributed by atoms with Crippen LogP contribution in [0, 0.1) is 6.92 Å². The minimum absolute atomic E-state index is 0.0683. The molecule has 0 fully saturated rings. The Morgan fingerprint density at radius 2 is 2.17 bits per heavy atom. The van der Waals surface area contributed by atoms with E-state index in [0.29, 0.717) is 11.6 Å². The molecule has 1 aliphatic heterocycles. The standard InChI is InChI=1S/C19H22N6O3S2/c1-12-22-23-17-7-6-14(10-25(12)17)13-4-3-5-15(8-13)20-18(26)9-16-11-29-19(21-16)24-30(2,27)28/h3-5,8,11,14H,6-7,9-10H2,1-2H3,(H,20,26)(H,21,24). The van der Waals surface area contributed by atoms with Gasteiger partial charge in [-0.1, -0.05) is 12.1 Å². The van der Waals surface area contributed by atoms with Gasteiger partial charge in [-0.3, -0.25) is 9.52 Å². The highest BCUT2D eigenvalue weighted by atomic mass is 32.2. The number of amides is 1. The highest BCUT2D eigenvalue weighted by Gasteiger charge is 2.23. The van der Waals surface area contributed by atoms with Crippen LogP contribution in [0.5, 0.6) is 0 Å². The van der Waals surface area contributed by atoms with E-state index in [1.165, 1.54) is 5.56 Å². The number of nitrogens with one attached hydrogen (secondary N) is 2. The fourth-order valence-electron chi connectivity index (χ4n) is 3.57. The van der Waals surface area contributed by atoms with Gasteiger partial charge in [-0.15, -0.1) is 21.5 Å². The molecule has 1 amide bonds. The Kier molecular flexibility index (Phi) is 5.56. The summed E-state index contributed by atoms with van der Waals surface area (Å²) in [6.45, 7) is 2.80. The minimum atomic E-state index is -3.39. The summed E-state index contributed by atoms with van der Waals surface area (Å²) in [5, 5.41) is 13.2. The molecule has 0 spiro atoms. The topological polar surface area (TPSA) is 119 Å². The first-order valence-electron chi connectivity index (χ1n) is 9.47. The summed E-state index contributed by atoms with van der Waals surface area (Å²) in [6.07, 6.45) is 3.00. The molecule has 0 saturated carbocycles. The first-order valence-corrected chi connectivity index (χ1v) is 12.2. The van der Waals surface area contributed by atoms with Crippen molar-refractivity contribution in [1.29, 1.82) is 0 Å². The summed E-state index contributed by atoms with van der Waals surface area (Å²) >= 11 is 1.15. The van der Waals surface area contributed by atoms with Crippen molar-refractivity contribution in [2.75, 3.05) is 16.3 Å². The number of hydrogen-bond acceptors (Lipinski definition) is 7. The summed E-state index contributed by atoms with van der Waals surface area (Å²) in [5.41, 5.74) is 2.41. The first-order chi connectivity index (χ1) is 14.3. The molecular weight excluding hydrogens is 424 g/mol. The third-order valence-electron chi connectivity index (χ3n) is 4.94. The maximum absolute atomic E-state index is 12.4. The predicted molar refractivity (Wildman–Crippen MR) is 115 cm³/mol. The van der Waals surface area contributed by atoms with Crippen molar-refractivity contribution in [1.82, 2.24) is 19.7 Å². The molecular formula is C19H22N6O3S2. The van der Waals surface area contributed by atoms with E-state index in [9.17, 15) is 13.2 Å². The molecule has 11 heteroatoms. The number of hydrogen-bond donors (Lipinski definition) is 2. The largest absolute Gasteiger partial charge is 0.326 e. The number of anilines is 2. The second kappa shape index (κ2) is 8.15. The highest BCUT2D eigenvalue weighted by Crippen LogP contribution is 2.30. The summed E-state index contributed by atoms with van der Waals surface area (Å²) in [5.74, 6) is 2.09. The average molecular weight is 447 g/mol. The zero-order valence-electron chi connectivity index (χ0n) is 16.6. The van der Waals surface area contributed by atoms with Crippen LogP contribution in [0.1, 0.15) is 35.2 Å². The molecule has 3 heterocycles. The number of aryl methyl sites for hydroxylation is 2. The third kappa shape index (κ3) is 4.85. The Bertz CT molecular complexity index is 1180. The monoisotopic (exact) mass is 446 g/mol. The summed E-state index contributed by atoms with van der Waals surface area (Å²) < 4.78 is 27.0. The first kappa shape index (κ1) is 20.5. The molecule has 0 aliphatic carbocycles. The lowest BCUT2D eigenvalue weighted by atomic mass is 9.91. The molecule has 3 aromatic rings. The normalized spacial score (nSPS) is 16.1. The lowest BCUT2D eigenvalue weighted by Gasteiger charge is -2.24. The van der Waals surface area contributed by atoms with Crippen LogP contribution in [-0.2, 0) is 34.2 Å². The maximum Gasteiger partial charge on any atom is 0.231 e. The second-order valence-corrected chi connectivity index (χ2v) is 9.98. The van der Waals surface area contributed by atoms with E-state index in [4.69, 9.17) is 0 Å². The van der Waals surface area contributed by atoms with Gasteiger partial charge in [0.25, 0.3) is 0 Å². The smallest absolute Gasteiger partial charge is 0.231 e. The summed E-state index contributed by atoms with van der Waals surface area (Å²) in [6, 6.07) is 7.88. The number of rotatable bonds is 6. The Morgan fingerprint density at radius 1 is 1.33 bits per heavy atom. The van der Waals surface area contributed by atoms with Gasteiger partial charge in [0.05, 0.1) is 18.4 Å². The molecule has 0 bridgehead atoms. The van der Waals surface area contributed by atoms with Gasteiger partial charge in [-0.2, -0.15) is 0 Å². The predicted octanol–water partition coefficient (Wildman–Crippen LogP) is 2.33. The Balaban J connectivity index is 1.40. The van der Waals surface area contributed by atoms with E-state index in [1.807, 2.05) is 25.1 Å². The Labute approximate surface area is 178 Å². The summed E-state index contributed by atoms with van der Waals surface area (Å²) in [7, 11) is -3.39. The van der Waals surface area contributed by atoms with Gasteiger partial charge in [-0.05, 0) is 31.0 Å². The van der Waals surface area contributed by atoms with Crippen LogP contribution in [0.3, 0.4) is 0 Å². The number of aromatic nitrogens is 4. The number of benzene rings is 1. The molecule has 1 aromatic carbocycles. The number of nitrogens with zero attached hydrogens (tertiary/aromatic N) is 4. The van der Waals surface area contributed by atoms with Crippen molar-refractivity contribution in [3.05, 3.63) is 52.6 Å². The maximum atomic E-state index is 12.4. The molecule has 158 valence electrons. The van der Waals surface area contributed by atoms with Crippen LogP contribution < -0.4 is 10.0 Å². The number of fused-ring (bicyclic) bond motifs is 1. The number of carbonyl (C=O) groups is 1. The van der Waals surface area contributed by atoms with Crippen molar-refractivity contribution >= 4 is 38.1 Å². The van der Waals surface area contributed by atoms with E-state index in [0.717, 1.165) is 54.3 Å². The van der Waals surface area contributed by atoms with Gasteiger partial charge in [0.2, 0.25) is 15.9 Å². The van der Waals surface area contributed by atoms with Gasteiger partial charge in [-0.25, -0.2) is 13.4 Å². The van der Waals surface area contributed by atoms with E-state index < -0.39 is 10.0 Å². The number of sulfonamides is 1. The lowest BCUT2D eigenvalue weighted by Crippen LogP contribution is -2.20. The van der Waals surface area contributed by atoms with Crippen molar-refractivity contribution in [2.45, 2.75) is 38.6 Å². The van der Waals surface area contributed by atoms with Crippen LogP contribution in [0.4, 0.5) is 10.8 Å². The zero-order chi connectivity index (χ0) is 21.3. The van der Waals surface area contributed by atoms with Crippen LogP contribution in [0.25, 0.3) is 0 Å². The second-order valence-electron chi connectivity index (χ2n) is 7.38. The highest BCUT2D eigenvalue weighted by molar-refractivity contribution is 7.92. The van der Waals surface area contributed by atoms with E-state index in [-0.39, 0.29) is 17.5 Å². The van der Waals surface area contributed by atoms with Crippen LogP contribution in [0.2, 0.25) is 0 Å². The number of thiazole rings is 1. The van der Waals surface area contributed by atoms with Crippen molar-refractivity contribution in [3.63, 3.8) is 0 Å². The van der Waals surface area contributed by atoms with Gasteiger partial charge in [0.1, 0.15) is 11.6 Å². The molecule has 0 radical (unpaired) electrons. The quantitative estimate of drug-likeness (QED) is 0.600. The lowest BCUT2D eigenvalue weighted by molar-refractivity contribution is -0.115. The van der Waals surface area contributed by atoms with Crippen molar-refractivity contribution in [3.8, 4) is 0 Å². The third-order valence-corrected chi connectivity index (χ3v) is 6.44. The van der Waals surface area contributed by atoms with Crippen molar-refractivity contribution < 1.29 is 13.2 Å². The summed E-state index contributed by atoms with van der Waals surface area (Å²) in [4.78, 5) is 16.6. The van der Waals surface area contributed by atoms with E-state index >= 15 is 0 Å². The van der Waals surface area contributed by atoms with Crippen LogP contribution >= 0.6 is 11.3 Å². The Hall–Kier alpha value is -2.79. The molecule has 9 nitrogen and oxygen atoms in total. The molecule has 4 rings (SSSR count). The average Bonchev–Trinajstić information content (AvgIpc) is 3.26. The van der Waals surface area contributed by atoms with Gasteiger partial charge < -0.3 is 9.88 Å². The molecule has 0 saturated heterocycles. The van der Waals surface area contributed by atoms with Gasteiger partial charge >= 0.3 is 0 Å². The molecule has 1 atom stereocenters. The Morgan fingerprint density at radius 3 is 2.97 bits per heavy atom.